The molecule has 1 aliphatic rings. The van der Waals surface area contributed by atoms with Gasteiger partial charge in [-0.15, -0.1) is 4.89 Å². The topological polar surface area (TPSA) is 190 Å². The molecule has 1 saturated heterocycles. The second-order valence-corrected chi connectivity index (χ2v) is 7.69. The van der Waals surface area contributed by atoms with Crippen LogP contribution in [0.5, 0.6) is 0 Å². The fourth-order valence-corrected chi connectivity index (χ4v) is 3.55. The smallest absolute Gasteiger partial charge is 0.462 e. The van der Waals surface area contributed by atoms with Gasteiger partial charge in [0, 0.05) is 45.6 Å². The Labute approximate surface area is 190 Å². The van der Waals surface area contributed by atoms with Gasteiger partial charge in [0.1, 0.15) is 18.8 Å². The molecule has 1 amide bonds. The lowest BCUT2D eigenvalue weighted by atomic mass is 9.91. The fourth-order valence-electron chi connectivity index (χ4n) is 3.21. The lowest BCUT2D eigenvalue weighted by molar-refractivity contribution is -0.241. The zero-order valence-corrected chi connectivity index (χ0v) is 19.6. The molecule has 2 N–H and O–H groups in total. The first-order chi connectivity index (χ1) is 15.3. The van der Waals surface area contributed by atoms with Crippen molar-refractivity contribution in [2.24, 2.45) is 0 Å². The molecule has 7 atom stereocenters. The number of nitrogens with one attached hydrogen (secondary N) is 1. The van der Waals surface area contributed by atoms with Crippen LogP contribution in [0.25, 0.3) is 0 Å². The quantitative estimate of drug-likeness (QED) is 0.226. The van der Waals surface area contributed by atoms with Crippen molar-refractivity contribution in [1.29, 1.82) is 0 Å². The van der Waals surface area contributed by atoms with E-state index in [1.165, 1.54) is 6.92 Å². The van der Waals surface area contributed by atoms with Crippen LogP contribution in [0.4, 0.5) is 0 Å². The maximum Gasteiger partial charge on any atom is 0.697 e. The van der Waals surface area contributed by atoms with E-state index in [-0.39, 0.29) is 6.42 Å². The molecule has 0 aromatic carbocycles. The summed E-state index contributed by atoms with van der Waals surface area (Å²) >= 11 is 0. The maximum atomic E-state index is 11.9. The molecule has 0 saturated carbocycles. The largest absolute Gasteiger partial charge is 0.697 e. The Morgan fingerprint density at radius 2 is 1.61 bits per heavy atom. The molecule has 15 heteroatoms. The Balaban J connectivity index is 3.49. The molecule has 1 heterocycles. The Bertz CT molecular complexity index is 772. The van der Waals surface area contributed by atoms with Crippen LogP contribution in [0.15, 0.2) is 0 Å². The van der Waals surface area contributed by atoms with Crippen molar-refractivity contribution >= 4 is 38.0 Å². The first-order valence-corrected chi connectivity index (χ1v) is 10.8. The second kappa shape index (κ2) is 13.1. The summed E-state index contributed by atoms with van der Waals surface area (Å²) in [5.41, 5.74) is 0. The van der Waals surface area contributed by atoms with Crippen molar-refractivity contribution in [3.63, 3.8) is 0 Å². The number of esters is 4. The van der Waals surface area contributed by atoms with Crippen molar-refractivity contribution < 1.29 is 61.6 Å². The minimum absolute atomic E-state index is 0.266. The zero-order valence-electron chi connectivity index (χ0n) is 18.7. The van der Waals surface area contributed by atoms with Crippen LogP contribution in [-0.4, -0.2) is 78.0 Å². The van der Waals surface area contributed by atoms with E-state index < -0.39 is 81.4 Å². The van der Waals surface area contributed by atoms with Crippen LogP contribution < -0.4 is 5.32 Å². The number of amides is 1. The normalized spacial score (nSPS) is 24.5. The SMILES string of the molecule is CC(=O)NC1C(OC(C)=O)CC(O[P+](=O)O)OC1C(OC(C)=O)C(COC(C)=O)OC(C)=O. The maximum absolute atomic E-state index is 11.9. The molecule has 0 radical (unpaired) electrons. The molecular formula is C18H27NO13P+. The summed E-state index contributed by atoms with van der Waals surface area (Å²) in [5.74, 6) is -3.73. The Hall–Kier alpha value is -2.67. The van der Waals surface area contributed by atoms with E-state index in [0.29, 0.717) is 0 Å². The molecule has 14 nitrogen and oxygen atoms in total. The first-order valence-electron chi connectivity index (χ1n) is 9.70. The average molecular weight is 496 g/mol. The summed E-state index contributed by atoms with van der Waals surface area (Å²) in [5, 5.41) is 2.52. The monoisotopic (exact) mass is 496 g/mol. The molecule has 0 aromatic rings. The summed E-state index contributed by atoms with van der Waals surface area (Å²) in [7, 11) is -3.16. The molecule has 1 rings (SSSR count). The Morgan fingerprint density at radius 3 is 2.06 bits per heavy atom. The van der Waals surface area contributed by atoms with Gasteiger partial charge >= 0.3 is 32.1 Å². The highest BCUT2D eigenvalue weighted by molar-refractivity contribution is 7.32. The van der Waals surface area contributed by atoms with Crippen molar-refractivity contribution in [1.82, 2.24) is 5.32 Å². The third-order valence-electron chi connectivity index (χ3n) is 4.14. The van der Waals surface area contributed by atoms with Crippen LogP contribution in [0.2, 0.25) is 0 Å². The van der Waals surface area contributed by atoms with Crippen LogP contribution in [-0.2, 0) is 56.7 Å². The number of hydrogen-bond donors (Lipinski definition) is 2. The molecule has 7 unspecified atom stereocenters. The number of ether oxygens (including phenoxy) is 5. The van der Waals surface area contributed by atoms with Gasteiger partial charge in [0.05, 0.1) is 6.04 Å². The van der Waals surface area contributed by atoms with Gasteiger partial charge in [-0.05, 0) is 0 Å². The van der Waals surface area contributed by atoms with E-state index in [1.807, 2.05) is 0 Å². The third-order valence-corrected chi connectivity index (χ3v) is 4.56. The zero-order chi connectivity index (χ0) is 25.3. The molecule has 0 aliphatic carbocycles. The van der Waals surface area contributed by atoms with E-state index in [9.17, 15) is 28.5 Å². The van der Waals surface area contributed by atoms with Crippen molar-refractivity contribution in [2.75, 3.05) is 6.61 Å². The minimum Gasteiger partial charge on any atom is -0.462 e. The van der Waals surface area contributed by atoms with E-state index in [2.05, 4.69) is 5.32 Å². The van der Waals surface area contributed by atoms with Crippen LogP contribution >= 0.6 is 8.25 Å². The second-order valence-electron chi connectivity index (χ2n) is 7.01. The van der Waals surface area contributed by atoms with E-state index in [4.69, 9.17) is 33.1 Å². The van der Waals surface area contributed by atoms with Gasteiger partial charge < -0.3 is 29.0 Å². The highest BCUT2D eigenvalue weighted by Crippen LogP contribution is 2.33. The fraction of sp³-hybridized carbons (Fsp3) is 0.722. The van der Waals surface area contributed by atoms with Gasteiger partial charge in [-0.1, -0.05) is 4.52 Å². The molecular weight excluding hydrogens is 469 g/mol. The van der Waals surface area contributed by atoms with Gasteiger partial charge in [-0.2, -0.15) is 0 Å². The van der Waals surface area contributed by atoms with Crippen LogP contribution in [0, 0.1) is 0 Å². The number of hydrogen-bond acceptors (Lipinski definition) is 12. The van der Waals surface area contributed by atoms with Crippen LogP contribution in [0.1, 0.15) is 41.0 Å². The molecule has 186 valence electrons. The van der Waals surface area contributed by atoms with Gasteiger partial charge in [0.2, 0.25) is 12.2 Å². The summed E-state index contributed by atoms with van der Waals surface area (Å²) in [6, 6.07) is -1.18. The predicted molar refractivity (Wildman–Crippen MR) is 105 cm³/mol. The molecule has 1 aliphatic heterocycles. The lowest BCUT2D eigenvalue weighted by Crippen LogP contribution is -2.64. The van der Waals surface area contributed by atoms with Crippen molar-refractivity contribution in [2.45, 2.75) is 77.8 Å². The van der Waals surface area contributed by atoms with Gasteiger partial charge in [-0.3, -0.25) is 24.0 Å². The summed E-state index contributed by atoms with van der Waals surface area (Å²) < 4.78 is 42.3. The van der Waals surface area contributed by atoms with E-state index in [0.717, 1.165) is 27.7 Å². The van der Waals surface area contributed by atoms with Crippen molar-refractivity contribution in [3.8, 4) is 0 Å². The van der Waals surface area contributed by atoms with Crippen molar-refractivity contribution in [3.05, 3.63) is 0 Å². The Morgan fingerprint density at radius 1 is 1.00 bits per heavy atom. The Kier molecular flexibility index (Phi) is 11.3. The summed E-state index contributed by atoms with van der Waals surface area (Å²) in [6.45, 7) is 4.91. The molecule has 0 aromatic heterocycles. The molecule has 33 heavy (non-hydrogen) atoms. The van der Waals surface area contributed by atoms with Gasteiger partial charge in [0.25, 0.3) is 0 Å². The number of carbonyl (C=O) groups excluding carboxylic acids is 5. The average Bonchev–Trinajstić information content (AvgIpc) is 2.63. The van der Waals surface area contributed by atoms with Gasteiger partial charge in [0.15, 0.2) is 12.2 Å². The first kappa shape index (κ1) is 28.4. The predicted octanol–water partition coefficient (Wildman–Crippen LogP) is -0.369. The number of carbonyl (C=O) groups is 5. The summed E-state index contributed by atoms with van der Waals surface area (Å²) in [6.07, 6.45) is -7.24. The highest BCUT2D eigenvalue weighted by atomic mass is 31.1. The van der Waals surface area contributed by atoms with Crippen LogP contribution in [0.3, 0.4) is 0 Å². The molecule has 0 bridgehead atoms. The highest BCUT2D eigenvalue weighted by Gasteiger charge is 2.51. The minimum atomic E-state index is -3.16. The standard InChI is InChI=1S/C18H26NO13P/c1-8(20)19-16-13(28-10(3)22)6-15(32-33(25)26)31-18(16)17(30-12(5)24)14(29-11(4)23)7-27-9(2)21/h13-18H,6-7H2,1-5H3,(H-,19,20,25,26)/p+1. The summed E-state index contributed by atoms with van der Waals surface area (Å²) in [4.78, 5) is 67.5. The molecule has 1 fully saturated rings. The number of rotatable bonds is 10. The van der Waals surface area contributed by atoms with E-state index in [1.54, 1.807) is 0 Å². The lowest BCUT2D eigenvalue weighted by Gasteiger charge is -2.43. The van der Waals surface area contributed by atoms with Gasteiger partial charge in [-0.25, -0.2) is 0 Å². The van der Waals surface area contributed by atoms with E-state index >= 15 is 0 Å². The third kappa shape index (κ3) is 10.2. The molecule has 0 spiro atoms.